The summed E-state index contributed by atoms with van der Waals surface area (Å²) in [6, 6.07) is 1.80. The molecule has 3 aromatic heterocycles. The van der Waals surface area contributed by atoms with E-state index in [4.69, 9.17) is 16.3 Å². The maximum absolute atomic E-state index is 6.15. The molecule has 0 radical (unpaired) electrons. The van der Waals surface area contributed by atoms with Gasteiger partial charge in [-0.2, -0.15) is 10.1 Å². The van der Waals surface area contributed by atoms with Gasteiger partial charge >= 0.3 is 0 Å². The Hall–Kier alpha value is -2.32. The van der Waals surface area contributed by atoms with E-state index in [2.05, 4.69) is 25.0 Å². The number of anilines is 2. The summed E-state index contributed by atoms with van der Waals surface area (Å²) >= 11 is 6.15. The van der Waals surface area contributed by atoms with Crippen molar-refractivity contribution >= 4 is 34.3 Å². The summed E-state index contributed by atoms with van der Waals surface area (Å²) in [6.07, 6.45) is 3.92. The maximum Gasteiger partial charge on any atom is 0.225 e. The van der Waals surface area contributed by atoms with E-state index >= 15 is 0 Å². The van der Waals surface area contributed by atoms with E-state index in [-0.39, 0.29) is 5.28 Å². The minimum Gasteiger partial charge on any atom is -0.383 e. The molecule has 0 fully saturated rings. The van der Waals surface area contributed by atoms with Gasteiger partial charge in [-0.25, -0.2) is 15.0 Å². The Labute approximate surface area is 144 Å². The number of rotatable bonds is 6. The SMILES string of the molecule is CCc1nn(CCOC)c2c(N(C)c3ccncn3)nc(Cl)nc12. The largest absolute Gasteiger partial charge is 0.383 e. The van der Waals surface area contributed by atoms with Gasteiger partial charge in [-0.15, -0.1) is 0 Å². The zero-order valence-electron chi connectivity index (χ0n) is 13.8. The quantitative estimate of drug-likeness (QED) is 0.632. The molecule has 0 amide bonds. The number of nitrogens with zero attached hydrogens (tertiary/aromatic N) is 7. The van der Waals surface area contributed by atoms with E-state index in [1.165, 1.54) is 6.33 Å². The summed E-state index contributed by atoms with van der Waals surface area (Å²) in [4.78, 5) is 18.9. The molecular weight excluding hydrogens is 330 g/mol. The summed E-state index contributed by atoms with van der Waals surface area (Å²) in [5.41, 5.74) is 2.45. The number of halogens is 1. The van der Waals surface area contributed by atoms with Gasteiger partial charge in [0.05, 0.1) is 18.8 Å². The summed E-state index contributed by atoms with van der Waals surface area (Å²) in [7, 11) is 3.54. The minimum atomic E-state index is 0.180. The first-order valence-electron chi connectivity index (χ1n) is 7.57. The maximum atomic E-state index is 6.15. The van der Waals surface area contributed by atoms with Crippen LogP contribution in [0.1, 0.15) is 12.6 Å². The molecule has 0 atom stereocenters. The molecule has 126 valence electrons. The van der Waals surface area contributed by atoms with Crippen LogP contribution >= 0.6 is 11.6 Å². The van der Waals surface area contributed by atoms with Crippen LogP contribution in [0.15, 0.2) is 18.6 Å². The van der Waals surface area contributed by atoms with Crippen molar-refractivity contribution in [2.75, 3.05) is 25.7 Å². The summed E-state index contributed by atoms with van der Waals surface area (Å²) in [6.45, 7) is 3.17. The van der Waals surface area contributed by atoms with Crippen LogP contribution < -0.4 is 4.90 Å². The molecule has 8 nitrogen and oxygen atoms in total. The zero-order chi connectivity index (χ0) is 17.1. The van der Waals surface area contributed by atoms with Gasteiger partial charge in [0.2, 0.25) is 5.28 Å². The highest BCUT2D eigenvalue weighted by Crippen LogP contribution is 2.30. The summed E-state index contributed by atoms with van der Waals surface area (Å²) < 4.78 is 7.05. The molecular formula is C15H18ClN7O. The Kier molecular flexibility index (Phi) is 4.86. The number of aryl methyl sites for hydroxylation is 1. The molecule has 0 saturated carbocycles. The van der Waals surface area contributed by atoms with Crippen molar-refractivity contribution in [2.24, 2.45) is 0 Å². The highest BCUT2D eigenvalue weighted by molar-refractivity contribution is 6.28. The predicted molar refractivity (Wildman–Crippen MR) is 91.7 cm³/mol. The second-order valence-electron chi connectivity index (χ2n) is 5.16. The van der Waals surface area contributed by atoms with Crippen LogP contribution in [0.4, 0.5) is 11.6 Å². The predicted octanol–water partition coefficient (Wildman–Crippen LogP) is 2.25. The molecule has 9 heteroatoms. The number of methoxy groups -OCH3 is 1. The Balaban J connectivity index is 2.20. The van der Waals surface area contributed by atoms with E-state index in [0.717, 1.165) is 23.1 Å². The molecule has 0 aliphatic heterocycles. The average Bonchev–Trinajstić information content (AvgIpc) is 2.97. The molecule has 0 saturated heterocycles. The smallest absolute Gasteiger partial charge is 0.225 e. The first-order valence-corrected chi connectivity index (χ1v) is 7.95. The van der Waals surface area contributed by atoms with Crippen molar-refractivity contribution in [1.82, 2.24) is 29.7 Å². The van der Waals surface area contributed by atoms with Gasteiger partial charge in [-0.3, -0.25) is 4.68 Å². The lowest BCUT2D eigenvalue weighted by molar-refractivity contribution is 0.184. The van der Waals surface area contributed by atoms with Crippen LogP contribution in [-0.4, -0.2) is 50.5 Å². The van der Waals surface area contributed by atoms with E-state index in [0.29, 0.717) is 24.8 Å². The molecule has 0 spiro atoms. The van der Waals surface area contributed by atoms with Gasteiger partial charge in [0.1, 0.15) is 23.2 Å². The van der Waals surface area contributed by atoms with Crippen molar-refractivity contribution in [1.29, 1.82) is 0 Å². The second-order valence-corrected chi connectivity index (χ2v) is 5.49. The molecule has 0 unspecified atom stereocenters. The van der Waals surface area contributed by atoms with Crippen molar-refractivity contribution in [3.63, 3.8) is 0 Å². The second kappa shape index (κ2) is 7.06. The summed E-state index contributed by atoms with van der Waals surface area (Å²) in [5, 5.41) is 4.82. The number of hydrogen-bond acceptors (Lipinski definition) is 7. The number of fused-ring (bicyclic) bond motifs is 1. The molecule has 0 aromatic carbocycles. The minimum absolute atomic E-state index is 0.180. The fourth-order valence-electron chi connectivity index (χ4n) is 2.50. The van der Waals surface area contributed by atoms with Crippen LogP contribution in [0.5, 0.6) is 0 Å². The van der Waals surface area contributed by atoms with Crippen molar-refractivity contribution in [2.45, 2.75) is 19.9 Å². The normalized spacial score (nSPS) is 11.2. The Morgan fingerprint density at radius 2 is 2.17 bits per heavy atom. The lowest BCUT2D eigenvalue weighted by atomic mass is 10.2. The number of aromatic nitrogens is 6. The van der Waals surface area contributed by atoms with Crippen molar-refractivity contribution < 1.29 is 4.74 Å². The van der Waals surface area contributed by atoms with Gasteiger partial charge in [0.15, 0.2) is 5.82 Å². The van der Waals surface area contributed by atoms with Crippen molar-refractivity contribution in [3.05, 3.63) is 29.6 Å². The Morgan fingerprint density at radius 3 is 2.83 bits per heavy atom. The van der Waals surface area contributed by atoms with E-state index in [1.807, 2.05) is 23.6 Å². The first-order chi connectivity index (χ1) is 11.7. The van der Waals surface area contributed by atoms with Gasteiger partial charge in [-0.1, -0.05) is 6.92 Å². The zero-order valence-corrected chi connectivity index (χ0v) is 14.5. The van der Waals surface area contributed by atoms with Gasteiger partial charge in [-0.05, 0) is 24.1 Å². The molecule has 3 heterocycles. The lowest BCUT2D eigenvalue weighted by Gasteiger charge is -2.18. The monoisotopic (exact) mass is 347 g/mol. The number of hydrogen-bond donors (Lipinski definition) is 0. The van der Waals surface area contributed by atoms with Crippen LogP contribution in [0.2, 0.25) is 5.28 Å². The third-order valence-corrected chi connectivity index (χ3v) is 3.85. The van der Waals surface area contributed by atoms with Crippen LogP contribution in [0.3, 0.4) is 0 Å². The van der Waals surface area contributed by atoms with Gasteiger partial charge < -0.3 is 9.64 Å². The van der Waals surface area contributed by atoms with E-state index < -0.39 is 0 Å². The number of ether oxygens (including phenoxy) is 1. The topological polar surface area (TPSA) is 81.9 Å². The average molecular weight is 348 g/mol. The third kappa shape index (κ3) is 3.02. The fraction of sp³-hybridized carbons (Fsp3) is 0.400. The Bertz CT molecular complexity index is 837. The molecule has 0 aliphatic carbocycles. The lowest BCUT2D eigenvalue weighted by Crippen LogP contribution is -2.16. The van der Waals surface area contributed by atoms with Crippen LogP contribution in [-0.2, 0) is 17.7 Å². The summed E-state index contributed by atoms with van der Waals surface area (Å²) in [5.74, 6) is 1.35. The fourth-order valence-corrected chi connectivity index (χ4v) is 2.67. The highest BCUT2D eigenvalue weighted by atomic mass is 35.5. The van der Waals surface area contributed by atoms with E-state index in [9.17, 15) is 0 Å². The third-order valence-electron chi connectivity index (χ3n) is 3.68. The molecule has 3 aromatic rings. The molecule has 3 rings (SSSR count). The standard InChI is InChI=1S/C15H18ClN7O/c1-4-10-12-13(23(21-10)7-8-24-3)14(20-15(16)19-12)22(2)11-5-6-17-9-18-11/h5-6,9H,4,7-8H2,1-3H3. The van der Waals surface area contributed by atoms with Gasteiger partial charge in [0, 0.05) is 20.4 Å². The molecule has 0 aliphatic rings. The Morgan fingerprint density at radius 1 is 1.33 bits per heavy atom. The van der Waals surface area contributed by atoms with E-state index in [1.54, 1.807) is 19.4 Å². The van der Waals surface area contributed by atoms with Gasteiger partial charge in [0.25, 0.3) is 0 Å². The van der Waals surface area contributed by atoms with Crippen molar-refractivity contribution in [3.8, 4) is 0 Å². The highest BCUT2D eigenvalue weighted by Gasteiger charge is 2.21. The van der Waals surface area contributed by atoms with Crippen LogP contribution in [0.25, 0.3) is 11.0 Å². The molecule has 0 bridgehead atoms. The van der Waals surface area contributed by atoms with Crippen LogP contribution in [0, 0.1) is 0 Å². The first kappa shape index (κ1) is 16.5. The molecule has 0 N–H and O–H groups in total. The molecule has 24 heavy (non-hydrogen) atoms.